The lowest BCUT2D eigenvalue weighted by Gasteiger charge is -2.21. The van der Waals surface area contributed by atoms with Crippen LogP contribution in [0.25, 0.3) is 0 Å². The van der Waals surface area contributed by atoms with Gasteiger partial charge >= 0.3 is 15.6 Å². The third kappa shape index (κ3) is 415. The van der Waals surface area contributed by atoms with Crippen LogP contribution in [0.5, 0.6) is 0 Å². The van der Waals surface area contributed by atoms with E-state index < -0.39 is 23.5 Å². The normalized spacial score (nSPS) is 11.9. The maximum atomic E-state index is 8.88. The zero-order chi connectivity index (χ0) is 19.4. The van der Waals surface area contributed by atoms with E-state index >= 15 is 0 Å². The number of aliphatic hydroxyl groups excluding tert-OH is 1. The van der Waals surface area contributed by atoms with Crippen molar-refractivity contribution in [1.82, 2.24) is 0 Å². The van der Waals surface area contributed by atoms with Crippen molar-refractivity contribution in [3.05, 3.63) is 0 Å². The Kier molecular flexibility index (Phi) is 17.3. The van der Waals surface area contributed by atoms with Gasteiger partial charge in [0.25, 0.3) is 7.82 Å². The Bertz CT molecular complexity index is 315. The maximum absolute atomic E-state index is 8.88. The second-order valence-electron chi connectivity index (χ2n) is 4.25. The molecular formula is C5H22NO13P3. The molecule has 0 saturated heterocycles. The van der Waals surface area contributed by atoms with Gasteiger partial charge in [0.05, 0.1) is 27.7 Å². The molecule has 0 radical (unpaired) electrons. The summed E-state index contributed by atoms with van der Waals surface area (Å²) < 4.78 is 27.4. The minimum Gasteiger partial charge on any atom is -0.756 e. The molecule has 0 bridgehead atoms. The Morgan fingerprint density at radius 1 is 0.773 bits per heavy atom. The molecule has 0 heterocycles. The average Bonchev–Trinajstić information content (AvgIpc) is 1.88. The van der Waals surface area contributed by atoms with Crippen LogP contribution in [-0.4, -0.2) is 83.0 Å². The van der Waals surface area contributed by atoms with Gasteiger partial charge in [-0.1, -0.05) is 0 Å². The second-order valence-corrected chi connectivity index (χ2v) is 7.29. The number of aliphatic hydroxyl groups is 1. The number of hydrogen-bond donors (Lipinski definition) is 9. The minimum absolute atomic E-state index is 0.281. The summed E-state index contributed by atoms with van der Waals surface area (Å²) in [5.74, 6) is 0. The maximum Gasteiger partial charge on any atom is 0.466 e. The predicted octanol–water partition coefficient (Wildman–Crippen LogP) is -3.73. The average molecular weight is 397 g/mol. The van der Waals surface area contributed by atoms with Crippen LogP contribution in [0.3, 0.4) is 0 Å². The summed E-state index contributed by atoms with van der Waals surface area (Å²) in [6, 6.07) is 0. The quantitative estimate of drug-likeness (QED) is 0.160. The first-order valence-corrected chi connectivity index (χ1v) is 9.46. The lowest BCUT2D eigenvalue weighted by molar-refractivity contribution is -0.870. The molecule has 0 aromatic carbocycles. The van der Waals surface area contributed by atoms with E-state index in [9.17, 15) is 0 Å². The van der Waals surface area contributed by atoms with Gasteiger partial charge < -0.3 is 53.6 Å². The summed E-state index contributed by atoms with van der Waals surface area (Å²) in [5, 5.41) is 8.39. The van der Waals surface area contributed by atoms with Crippen LogP contribution < -0.4 is 4.89 Å². The molecule has 9 N–H and O–H groups in total. The molecule has 17 heteroatoms. The van der Waals surface area contributed by atoms with Crippen molar-refractivity contribution in [2.45, 2.75) is 0 Å². The van der Waals surface area contributed by atoms with Crippen molar-refractivity contribution in [3.63, 3.8) is 0 Å². The largest absolute Gasteiger partial charge is 0.756 e. The van der Waals surface area contributed by atoms with Gasteiger partial charge in [-0.15, -0.1) is 0 Å². The van der Waals surface area contributed by atoms with Gasteiger partial charge in [-0.3, -0.25) is 4.57 Å². The zero-order valence-corrected chi connectivity index (χ0v) is 14.5. The summed E-state index contributed by atoms with van der Waals surface area (Å²) in [7, 11) is -8.01. The molecule has 0 rings (SSSR count). The first kappa shape index (κ1) is 30.2. The molecule has 0 aromatic rings. The van der Waals surface area contributed by atoms with Gasteiger partial charge in [-0.2, -0.15) is 0 Å². The fourth-order valence-corrected chi connectivity index (χ4v) is 0.300. The summed E-state index contributed by atoms with van der Waals surface area (Å²) in [6.45, 7) is 1.11. The van der Waals surface area contributed by atoms with Gasteiger partial charge in [-0.25, -0.2) is 9.13 Å². The number of rotatable bonds is 2. The predicted molar refractivity (Wildman–Crippen MR) is 70.6 cm³/mol. The van der Waals surface area contributed by atoms with Crippen molar-refractivity contribution in [2.24, 2.45) is 0 Å². The molecule has 0 saturated carbocycles. The van der Waals surface area contributed by atoms with Gasteiger partial charge in [0.15, 0.2) is 0 Å². The molecule has 0 aliphatic heterocycles. The van der Waals surface area contributed by atoms with Gasteiger partial charge in [-0.05, 0) is 0 Å². The van der Waals surface area contributed by atoms with Crippen molar-refractivity contribution in [2.75, 3.05) is 34.3 Å². The highest BCUT2D eigenvalue weighted by Gasteiger charge is 2.02. The lowest BCUT2D eigenvalue weighted by atomic mass is 10.5. The third-order valence-corrected chi connectivity index (χ3v) is 0.771. The Balaban J connectivity index is -0.0000000995. The number of quaternary nitrogens is 1. The molecule has 14 nitrogen and oxygen atoms in total. The van der Waals surface area contributed by atoms with E-state index in [-0.39, 0.29) is 6.61 Å². The fraction of sp³-hybridized carbons (Fsp3) is 1.00. The molecule has 22 heavy (non-hydrogen) atoms. The van der Waals surface area contributed by atoms with Crippen LogP contribution in [0.2, 0.25) is 0 Å². The highest BCUT2D eigenvalue weighted by atomic mass is 31.2. The van der Waals surface area contributed by atoms with Crippen LogP contribution in [-0.2, 0) is 13.7 Å². The first-order chi connectivity index (χ1) is 9.06. The van der Waals surface area contributed by atoms with Crippen molar-refractivity contribution in [3.8, 4) is 0 Å². The van der Waals surface area contributed by atoms with E-state index in [1.807, 2.05) is 0 Å². The second kappa shape index (κ2) is 12.6. The Hall–Kier alpha value is 0.250. The number of nitrogens with zero attached hydrogens (tertiary/aromatic N) is 1. The SMILES string of the molecule is C[N+](C)(C)CCO.O=P(O)(O)O.O=P(O)(O)O.O=P([O-])(O)O. The van der Waals surface area contributed by atoms with E-state index in [1.54, 1.807) is 0 Å². The third-order valence-electron chi connectivity index (χ3n) is 0.771. The van der Waals surface area contributed by atoms with Crippen LogP contribution in [0, 0.1) is 0 Å². The number of likely N-dealkylation sites (N-methyl/N-ethyl adjacent to an activating group) is 1. The lowest BCUT2D eigenvalue weighted by Crippen LogP contribution is -2.36. The van der Waals surface area contributed by atoms with Crippen LogP contribution in [0.15, 0.2) is 0 Å². The molecule has 0 fully saturated rings. The zero-order valence-electron chi connectivity index (χ0n) is 11.9. The van der Waals surface area contributed by atoms with E-state index in [0.717, 1.165) is 11.0 Å². The summed E-state index contributed by atoms with van der Waals surface area (Å²) in [4.78, 5) is 66.0. The molecule has 0 amide bonds. The van der Waals surface area contributed by atoms with Crippen LogP contribution in [0.4, 0.5) is 0 Å². The van der Waals surface area contributed by atoms with E-state index in [1.165, 1.54) is 0 Å². The van der Waals surface area contributed by atoms with Crippen LogP contribution >= 0.6 is 23.5 Å². The number of phosphoric acid groups is 3. The highest BCUT2D eigenvalue weighted by molar-refractivity contribution is 7.45. The minimum atomic E-state index is -4.89. The number of hydrogen-bond acceptors (Lipinski definition) is 5. The van der Waals surface area contributed by atoms with Crippen LogP contribution in [0.1, 0.15) is 0 Å². The van der Waals surface area contributed by atoms with Gasteiger partial charge in [0.1, 0.15) is 6.54 Å². The van der Waals surface area contributed by atoms with E-state index in [4.69, 9.17) is 62.8 Å². The van der Waals surface area contributed by atoms with Gasteiger partial charge in [0.2, 0.25) is 0 Å². The summed E-state index contributed by atoms with van der Waals surface area (Å²) in [5.41, 5.74) is 0. The molecule has 0 unspecified atom stereocenters. The Morgan fingerprint density at radius 2 is 0.909 bits per heavy atom. The molecule has 0 aliphatic rings. The molecule has 0 aliphatic carbocycles. The van der Waals surface area contributed by atoms with E-state index in [2.05, 4.69) is 21.1 Å². The van der Waals surface area contributed by atoms with Crippen molar-refractivity contribution < 1.29 is 67.3 Å². The summed E-state index contributed by atoms with van der Waals surface area (Å²) in [6.07, 6.45) is 0. The highest BCUT2D eigenvalue weighted by Crippen LogP contribution is 2.26. The summed E-state index contributed by atoms with van der Waals surface area (Å²) >= 11 is 0. The molecule has 140 valence electrons. The molecular weight excluding hydrogens is 375 g/mol. The smallest absolute Gasteiger partial charge is 0.466 e. The Morgan fingerprint density at radius 3 is 0.909 bits per heavy atom. The molecule has 0 aromatic heterocycles. The van der Waals surface area contributed by atoms with Gasteiger partial charge in [0, 0.05) is 0 Å². The van der Waals surface area contributed by atoms with Crippen molar-refractivity contribution >= 4 is 23.5 Å². The first-order valence-electron chi connectivity index (χ1n) is 4.80. The fourth-order valence-electron chi connectivity index (χ4n) is 0.300. The van der Waals surface area contributed by atoms with Crippen molar-refractivity contribution in [1.29, 1.82) is 0 Å². The van der Waals surface area contributed by atoms with E-state index in [0.29, 0.717) is 0 Å². The molecule has 0 spiro atoms. The topological polar surface area (TPSA) is 256 Å². The molecule has 0 atom stereocenters. The monoisotopic (exact) mass is 397 g/mol. The Labute approximate surface area is 126 Å². The standard InChI is InChI=1S/C5H14NO.3H3O4P/c1-6(2,3)4-5-7;3*1-5(2,3)4/h7H,4-5H2,1-3H3;3*(H3,1,2,3,4)/q+1;;;/p-1.